The fourth-order valence-electron chi connectivity index (χ4n) is 11.4. The van der Waals surface area contributed by atoms with Gasteiger partial charge in [-0.25, -0.2) is 0 Å². The number of rotatable bonds is 3. The number of ether oxygens (including phenoxy) is 1. The van der Waals surface area contributed by atoms with Crippen LogP contribution in [0.25, 0.3) is 54.9 Å². The summed E-state index contributed by atoms with van der Waals surface area (Å²) >= 11 is 0. The quantitative estimate of drug-likeness (QED) is 0.175. The topological polar surface area (TPSA) is 9.23 Å². The maximum atomic E-state index is 7.20. The Balaban J connectivity index is 1.20. The van der Waals surface area contributed by atoms with Crippen LogP contribution in [-0.4, -0.2) is 0 Å². The van der Waals surface area contributed by atoms with Crippen LogP contribution in [0.15, 0.2) is 218 Å². The fraction of sp³-hybridized carbons (Fsp3) is 0.0345. The van der Waals surface area contributed by atoms with Gasteiger partial charge in [0.2, 0.25) is 0 Å². The Kier molecular flexibility index (Phi) is 6.64. The van der Waals surface area contributed by atoms with Crippen molar-refractivity contribution in [3.63, 3.8) is 0 Å². The van der Waals surface area contributed by atoms with Gasteiger partial charge in [-0.1, -0.05) is 194 Å². The van der Waals surface area contributed by atoms with Gasteiger partial charge in [0.05, 0.1) is 10.8 Å². The number of hydrogen-bond donors (Lipinski definition) is 0. The van der Waals surface area contributed by atoms with Crippen LogP contribution in [0.1, 0.15) is 44.5 Å². The van der Waals surface area contributed by atoms with Crippen molar-refractivity contribution in [1.29, 1.82) is 0 Å². The average molecular weight is 749 g/mol. The molecule has 10 aromatic carbocycles. The normalized spacial score (nSPS) is 16.1. The molecule has 0 aromatic heterocycles. The van der Waals surface area contributed by atoms with Crippen LogP contribution in [0.2, 0.25) is 0 Å². The molecule has 1 spiro atoms. The van der Waals surface area contributed by atoms with Gasteiger partial charge >= 0.3 is 0 Å². The van der Waals surface area contributed by atoms with E-state index in [0.29, 0.717) is 0 Å². The fourth-order valence-corrected chi connectivity index (χ4v) is 11.4. The molecule has 0 saturated carbocycles. The van der Waals surface area contributed by atoms with Crippen molar-refractivity contribution >= 4 is 21.5 Å². The average Bonchev–Trinajstić information content (AvgIpc) is 3.76. The third-order valence-electron chi connectivity index (χ3n) is 13.6. The predicted molar refractivity (Wildman–Crippen MR) is 242 cm³/mol. The summed E-state index contributed by atoms with van der Waals surface area (Å²) in [5.41, 5.74) is 16.2. The first kappa shape index (κ1) is 32.6. The minimum absolute atomic E-state index is 0.616. The molecule has 0 N–H and O–H groups in total. The summed E-state index contributed by atoms with van der Waals surface area (Å²) in [7, 11) is 0. The van der Waals surface area contributed by atoms with Gasteiger partial charge in [-0.3, -0.25) is 0 Å². The minimum Gasteiger partial charge on any atom is -0.457 e. The molecule has 0 fully saturated rings. The Morgan fingerprint density at radius 3 is 1.41 bits per heavy atom. The highest BCUT2D eigenvalue weighted by molar-refractivity contribution is 6.01. The van der Waals surface area contributed by atoms with E-state index in [1.807, 2.05) is 0 Å². The van der Waals surface area contributed by atoms with Crippen molar-refractivity contribution in [2.75, 3.05) is 0 Å². The van der Waals surface area contributed by atoms with Gasteiger partial charge in [-0.2, -0.15) is 0 Å². The van der Waals surface area contributed by atoms with Crippen molar-refractivity contribution in [2.24, 2.45) is 0 Å². The second-order valence-corrected chi connectivity index (χ2v) is 16.2. The molecule has 1 heteroatoms. The van der Waals surface area contributed by atoms with Gasteiger partial charge in [0.25, 0.3) is 0 Å². The number of fused-ring (bicyclic) bond motifs is 15. The third-order valence-corrected chi connectivity index (χ3v) is 13.6. The highest BCUT2D eigenvalue weighted by Crippen LogP contribution is 2.66. The van der Waals surface area contributed by atoms with Crippen LogP contribution in [0.3, 0.4) is 0 Å². The molecule has 59 heavy (non-hydrogen) atoms. The van der Waals surface area contributed by atoms with E-state index in [-0.39, 0.29) is 0 Å². The SMILES string of the molecule is c1ccc(C2(c3ccccc3-c3cccc4c3C3(c5ccccc5-c5ccccc53)c3c(ccc5ccccc35)O4)c3ccccc3-c3cc4ccccc4cc32)cc1. The summed E-state index contributed by atoms with van der Waals surface area (Å²) in [5.74, 6) is 1.79. The van der Waals surface area contributed by atoms with Crippen LogP contribution in [-0.2, 0) is 10.8 Å². The summed E-state index contributed by atoms with van der Waals surface area (Å²) in [6.07, 6.45) is 0. The van der Waals surface area contributed by atoms with Crippen molar-refractivity contribution in [1.82, 2.24) is 0 Å². The summed E-state index contributed by atoms with van der Waals surface area (Å²) in [6.45, 7) is 0. The van der Waals surface area contributed by atoms with Gasteiger partial charge in [0, 0.05) is 11.1 Å². The van der Waals surface area contributed by atoms with E-state index in [2.05, 4.69) is 218 Å². The molecule has 10 aromatic rings. The lowest BCUT2D eigenvalue weighted by Crippen LogP contribution is -2.34. The molecule has 13 rings (SSSR count). The molecule has 0 bridgehead atoms. The van der Waals surface area contributed by atoms with Crippen molar-refractivity contribution in [3.05, 3.63) is 263 Å². The summed E-state index contributed by atoms with van der Waals surface area (Å²) in [6, 6.07) is 81.2. The minimum atomic E-state index is -0.664. The van der Waals surface area contributed by atoms with Crippen LogP contribution < -0.4 is 4.74 Å². The maximum Gasteiger partial charge on any atom is 0.132 e. The monoisotopic (exact) mass is 748 g/mol. The summed E-state index contributed by atoms with van der Waals surface area (Å²) in [5, 5.41) is 4.89. The molecule has 1 nitrogen and oxygen atoms in total. The molecule has 0 amide bonds. The molecule has 2 aliphatic carbocycles. The molecule has 1 heterocycles. The van der Waals surface area contributed by atoms with Gasteiger partial charge in [0.1, 0.15) is 11.5 Å². The maximum absolute atomic E-state index is 7.20. The molecule has 274 valence electrons. The molecule has 1 aliphatic heterocycles. The van der Waals surface area contributed by atoms with Gasteiger partial charge in [-0.05, 0) is 113 Å². The lowest BCUT2D eigenvalue weighted by Gasteiger charge is -2.42. The highest BCUT2D eigenvalue weighted by atomic mass is 16.5. The highest BCUT2D eigenvalue weighted by Gasteiger charge is 2.54. The molecule has 0 radical (unpaired) electrons. The second-order valence-electron chi connectivity index (χ2n) is 16.2. The van der Waals surface area contributed by atoms with Crippen LogP contribution in [0.4, 0.5) is 0 Å². The molecule has 0 saturated heterocycles. The van der Waals surface area contributed by atoms with E-state index in [1.54, 1.807) is 0 Å². The Bertz CT molecular complexity index is 3330. The Hall–Kier alpha value is -7.48. The predicted octanol–water partition coefficient (Wildman–Crippen LogP) is 14.5. The number of benzene rings is 10. The zero-order valence-corrected chi connectivity index (χ0v) is 32.2. The van der Waals surface area contributed by atoms with Crippen molar-refractivity contribution in [3.8, 4) is 44.9 Å². The van der Waals surface area contributed by atoms with Gasteiger partial charge in [0.15, 0.2) is 0 Å². The first-order valence-electron chi connectivity index (χ1n) is 20.6. The van der Waals surface area contributed by atoms with Crippen LogP contribution in [0.5, 0.6) is 11.5 Å². The van der Waals surface area contributed by atoms with E-state index < -0.39 is 10.8 Å². The first-order chi connectivity index (χ1) is 29.3. The van der Waals surface area contributed by atoms with E-state index in [0.717, 1.165) is 11.5 Å². The first-order valence-corrected chi connectivity index (χ1v) is 20.6. The Morgan fingerprint density at radius 2 is 0.746 bits per heavy atom. The molecule has 1 unspecified atom stereocenters. The number of hydrogen-bond acceptors (Lipinski definition) is 1. The van der Waals surface area contributed by atoms with Crippen LogP contribution >= 0.6 is 0 Å². The van der Waals surface area contributed by atoms with Crippen molar-refractivity contribution in [2.45, 2.75) is 10.8 Å². The van der Waals surface area contributed by atoms with Crippen LogP contribution in [0, 0.1) is 0 Å². The Morgan fingerprint density at radius 1 is 0.271 bits per heavy atom. The lowest BCUT2D eigenvalue weighted by atomic mass is 9.61. The standard InChI is InChI=1S/C58H36O/c1-2-20-40(21-3-1)57(49-29-13-11-26-45(49)47-35-38-18-4-5-19-39(38)36-52(47)57)48-28-12-10-25-44(48)46-27-16-32-53-56(46)58(55-41-22-7-6-17-37(41)33-34-54(55)59-53)50-30-14-8-23-42(50)43-24-9-15-31-51(43)58/h1-36H. The van der Waals surface area contributed by atoms with E-state index >= 15 is 0 Å². The molecular formula is C58H36O. The second kappa shape index (κ2) is 12.0. The summed E-state index contributed by atoms with van der Waals surface area (Å²) in [4.78, 5) is 0. The zero-order valence-electron chi connectivity index (χ0n) is 32.2. The van der Waals surface area contributed by atoms with E-state index in [4.69, 9.17) is 4.74 Å². The molecule has 3 aliphatic rings. The van der Waals surface area contributed by atoms with Gasteiger partial charge < -0.3 is 4.74 Å². The largest absolute Gasteiger partial charge is 0.457 e. The van der Waals surface area contributed by atoms with E-state index in [9.17, 15) is 0 Å². The molecule has 1 atom stereocenters. The zero-order chi connectivity index (χ0) is 38.7. The van der Waals surface area contributed by atoms with Gasteiger partial charge in [-0.15, -0.1) is 0 Å². The summed E-state index contributed by atoms with van der Waals surface area (Å²) < 4.78 is 7.20. The lowest BCUT2D eigenvalue weighted by molar-refractivity contribution is 0.439. The molecular weight excluding hydrogens is 713 g/mol. The Labute approximate surface area is 343 Å². The third kappa shape index (κ3) is 4.14. The van der Waals surface area contributed by atoms with E-state index in [1.165, 1.54) is 99.4 Å². The van der Waals surface area contributed by atoms with Crippen molar-refractivity contribution < 1.29 is 4.74 Å². The smallest absolute Gasteiger partial charge is 0.132 e.